The van der Waals surface area contributed by atoms with Gasteiger partial charge in [-0.3, -0.25) is 0 Å². The van der Waals surface area contributed by atoms with Crippen LogP contribution in [0.1, 0.15) is 32.1 Å². The van der Waals surface area contributed by atoms with Crippen molar-refractivity contribution in [1.29, 1.82) is 0 Å². The second-order valence-corrected chi connectivity index (χ2v) is 8.37. The van der Waals surface area contributed by atoms with Crippen LogP contribution in [-0.4, -0.2) is 25.8 Å². The fraction of sp³-hybridized carbons (Fsp3) is 0.600. The summed E-state index contributed by atoms with van der Waals surface area (Å²) in [5.74, 6) is 0.297. The molecule has 1 saturated heterocycles. The smallest absolute Gasteiger partial charge is 0.207 e. The lowest BCUT2D eigenvalue weighted by molar-refractivity contribution is 0.136. The maximum Gasteiger partial charge on any atom is 0.245 e. The molecule has 1 aliphatic carbocycles. The van der Waals surface area contributed by atoms with Gasteiger partial charge in [0, 0.05) is 18.1 Å². The first kappa shape index (κ1) is 15.3. The first-order valence-electron chi connectivity index (χ1n) is 7.43. The van der Waals surface area contributed by atoms with Crippen molar-refractivity contribution in [2.45, 2.75) is 37.0 Å². The Morgan fingerprint density at radius 2 is 1.86 bits per heavy atom. The van der Waals surface area contributed by atoms with Gasteiger partial charge in [0.05, 0.1) is 0 Å². The minimum absolute atomic E-state index is 0.206. The molecular weight excluding hydrogens is 313 g/mol. The first-order chi connectivity index (χ1) is 9.98. The van der Waals surface area contributed by atoms with Crippen LogP contribution < -0.4 is 0 Å². The second-order valence-electron chi connectivity index (χ2n) is 6.03. The van der Waals surface area contributed by atoms with Crippen molar-refractivity contribution >= 4 is 21.6 Å². The highest BCUT2D eigenvalue weighted by Gasteiger charge is 2.37. The van der Waals surface area contributed by atoms with Gasteiger partial charge >= 0.3 is 0 Å². The van der Waals surface area contributed by atoms with Gasteiger partial charge in [0.15, 0.2) is 0 Å². The second kappa shape index (κ2) is 5.86. The van der Waals surface area contributed by atoms with Crippen LogP contribution in [0.15, 0.2) is 23.1 Å². The molecule has 0 aromatic heterocycles. The van der Waals surface area contributed by atoms with Gasteiger partial charge in [0.1, 0.15) is 10.7 Å². The van der Waals surface area contributed by atoms with Gasteiger partial charge in [-0.05, 0) is 42.9 Å². The Kier molecular flexibility index (Phi) is 4.26. The number of hydrogen-bond donors (Lipinski definition) is 0. The molecule has 0 N–H and O–H groups in total. The maximum atomic E-state index is 13.9. The number of halogens is 2. The van der Waals surface area contributed by atoms with Crippen LogP contribution >= 0.6 is 11.6 Å². The average Bonchev–Trinajstić information content (AvgIpc) is 2.46. The molecule has 1 aromatic rings. The molecule has 0 spiro atoms. The quantitative estimate of drug-likeness (QED) is 0.829. The van der Waals surface area contributed by atoms with E-state index in [-0.39, 0.29) is 9.92 Å². The molecule has 0 radical (unpaired) electrons. The molecule has 6 heteroatoms. The van der Waals surface area contributed by atoms with Crippen molar-refractivity contribution in [3.8, 4) is 0 Å². The Labute approximate surface area is 130 Å². The predicted molar refractivity (Wildman–Crippen MR) is 80.2 cm³/mol. The van der Waals surface area contributed by atoms with E-state index in [1.54, 1.807) is 0 Å². The van der Waals surface area contributed by atoms with Crippen LogP contribution in [0.25, 0.3) is 0 Å². The Hall–Kier alpha value is -0.650. The van der Waals surface area contributed by atoms with E-state index in [2.05, 4.69) is 0 Å². The zero-order valence-electron chi connectivity index (χ0n) is 11.8. The molecule has 21 heavy (non-hydrogen) atoms. The lowest BCUT2D eigenvalue weighted by Crippen LogP contribution is -2.44. The molecule has 3 rings (SSSR count). The number of benzene rings is 1. The number of rotatable bonds is 2. The van der Waals surface area contributed by atoms with Gasteiger partial charge in [-0.1, -0.05) is 30.9 Å². The molecule has 2 fully saturated rings. The number of hydrogen-bond acceptors (Lipinski definition) is 2. The van der Waals surface area contributed by atoms with Crippen molar-refractivity contribution in [2.75, 3.05) is 13.1 Å². The third kappa shape index (κ3) is 2.96. The Morgan fingerprint density at radius 1 is 1.14 bits per heavy atom. The van der Waals surface area contributed by atoms with Crippen molar-refractivity contribution in [2.24, 2.45) is 11.8 Å². The summed E-state index contributed by atoms with van der Waals surface area (Å²) in [5.41, 5.74) is 0. The summed E-state index contributed by atoms with van der Waals surface area (Å²) in [7, 11) is -3.76. The van der Waals surface area contributed by atoms with E-state index in [0.29, 0.717) is 24.9 Å². The summed E-state index contributed by atoms with van der Waals surface area (Å²) in [4.78, 5) is -0.263. The van der Waals surface area contributed by atoms with Crippen LogP contribution in [-0.2, 0) is 10.0 Å². The summed E-state index contributed by atoms with van der Waals surface area (Å²) in [6.07, 6.45) is 5.59. The number of nitrogens with zero attached hydrogens (tertiary/aromatic N) is 1. The molecular formula is C15H19ClFNO2S. The minimum atomic E-state index is -3.76. The van der Waals surface area contributed by atoms with Crippen molar-refractivity contribution in [1.82, 2.24) is 4.31 Å². The molecule has 1 aromatic carbocycles. The molecule has 116 valence electrons. The predicted octanol–water partition coefficient (Wildman–Crippen LogP) is 3.68. The Morgan fingerprint density at radius 3 is 2.57 bits per heavy atom. The lowest BCUT2D eigenvalue weighted by Gasteiger charge is -2.40. The topological polar surface area (TPSA) is 37.4 Å². The van der Waals surface area contributed by atoms with Gasteiger partial charge in [-0.25, -0.2) is 12.8 Å². The minimum Gasteiger partial charge on any atom is -0.207 e. The summed E-state index contributed by atoms with van der Waals surface area (Å²) in [5, 5.41) is 0.206. The van der Waals surface area contributed by atoms with Crippen molar-refractivity contribution < 1.29 is 12.8 Å². The van der Waals surface area contributed by atoms with E-state index in [4.69, 9.17) is 11.6 Å². The van der Waals surface area contributed by atoms with E-state index in [1.165, 1.54) is 35.7 Å². The number of piperidine rings is 1. The fourth-order valence-electron chi connectivity index (χ4n) is 3.61. The van der Waals surface area contributed by atoms with Gasteiger partial charge < -0.3 is 0 Å². The molecule has 1 aliphatic heterocycles. The zero-order valence-corrected chi connectivity index (χ0v) is 13.3. The normalized spacial score (nSPS) is 27.3. The number of sulfonamides is 1. The molecule has 2 aliphatic rings. The summed E-state index contributed by atoms with van der Waals surface area (Å²) in [6, 6.07) is 3.74. The Balaban J connectivity index is 1.85. The third-order valence-corrected chi connectivity index (χ3v) is 6.90. The first-order valence-corrected chi connectivity index (χ1v) is 9.25. The molecule has 0 unspecified atom stereocenters. The van der Waals surface area contributed by atoms with Crippen LogP contribution in [0.3, 0.4) is 0 Å². The SMILES string of the molecule is O=S(=O)(c1ccc(Cl)cc1F)N1CC[C@H]2CCCC[C@@H]2C1. The standard InChI is InChI=1S/C15H19ClFNO2S/c16-13-5-6-15(14(17)9-13)21(19,20)18-8-7-11-3-1-2-4-12(11)10-18/h5-6,9,11-12H,1-4,7-8,10H2/t11-,12-/m1/s1. The van der Waals surface area contributed by atoms with Crippen LogP contribution in [0.2, 0.25) is 5.02 Å². The van der Waals surface area contributed by atoms with Crippen LogP contribution in [0.4, 0.5) is 4.39 Å². The number of fused-ring (bicyclic) bond motifs is 1. The highest BCUT2D eigenvalue weighted by Crippen LogP contribution is 2.38. The summed E-state index contributed by atoms with van der Waals surface area (Å²) >= 11 is 5.70. The highest BCUT2D eigenvalue weighted by molar-refractivity contribution is 7.89. The molecule has 1 heterocycles. The van der Waals surface area contributed by atoms with Gasteiger partial charge in [-0.2, -0.15) is 4.31 Å². The highest BCUT2D eigenvalue weighted by atomic mass is 35.5. The molecule has 2 atom stereocenters. The zero-order chi connectivity index (χ0) is 15.0. The van der Waals surface area contributed by atoms with Crippen molar-refractivity contribution in [3.05, 3.63) is 29.0 Å². The molecule has 0 amide bonds. The van der Waals surface area contributed by atoms with E-state index in [9.17, 15) is 12.8 Å². The third-order valence-electron chi connectivity index (χ3n) is 4.77. The lowest BCUT2D eigenvalue weighted by atomic mass is 9.76. The van der Waals surface area contributed by atoms with Gasteiger partial charge in [0.25, 0.3) is 0 Å². The van der Waals surface area contributed by atoms with Gasteiger partial charge in [-0.15, -0.1) is 0 Å². The summed E-state index contributed by atoms with van der Waals surface area (Å²) < 4.78 is 40.7. The van der Waals surface area contributed by atoms with Gasteiger partial charge in [0.2, 0.25) is 10.0 Å². The fourth-order valence-corrected chi connectivity index (χ4v) is 5.33. The van der Waals surface area contributed by atoms with Crippen LogP contribution in [0.5, 0.6) is 0 Å². The average molecular weight is 332 g/mol. The van der Waals surface area contributed by atoms with E-state index >= 15 is 0 Å². The largest absolute Gasteiger partial charge is 0.245 e. The van der Waals surface area contributed by atoms with E-state index in [0.717, 1.165) is 18.9 Å². The summed E-state index contributed by atoms with van der Waals surface area (Å²) in [6.45, 7) is 1.01. The Bertz CT molecular complexity index is 635. The van der Waals surface area contributed by atoms with Crippen molar-refractivity contribution in [3.63, 3.8) is 0 Å². The van der Waals surface area contributed by atoms with E-state index < -0.39 is 15.8 Å². The molecule has 3 nitrogen and oxygen atoms in total. The molecule has 1 saturated carbocycles. The monoisotopic (exact) mass is 331 g/mol. The molecule has 0 bridgehead atoms. The van der Waals surface area contributed by atoms with E-state index in [1.807, 2.05) is 0 Å². The van der Waals surface area contributed by atoms with Crippen LogP contribution in [0, 0.1) is 17.7 Å². The maximum absolute atomic E-state index is 13.9.